The van der Waals surface area contributed by atoms with Crippen LogP contribution in [-0.2, 0) is 6.54 Å². The van der Waals surface area contributed by atoms with Gasteiger partial charge in [-0.2, -0.15) is 0 Å². The van der Waals surface area contributed by atoms with Crippen molar-refractivity contribution in [3.8, 4) is 5.75 Å². The van der Waals surface area contributed by atoms with Crippen molar-refractivity contribution >= 4 is 46.8 Å². The molecule has 0 spiro atoms. The van der Waals surface area contributed by atoms with E-state index in [-0.39, 0.29) is 5.56 Å². The van der Waals surface area contributed by atoms with Crippen molar-refractivity contribution in [1.82, 2.24) is 14.5 Å². The first-order chi connectivity index (χ1) is 13.3. The molecule has 0 fully saturated rings. The first-order valence-corrected chi connectivity index (χ1v) is 13.0. The number of rotatable bonds is 4. The third-order valence-corrected chi connectivity index (χ3v) is 7.17. The normalized spacial score (nSPS) is 12.0. The number of methoxy groups -OCH3 is 1. The summed E-state index contributed by atoms with van der Waals surface area (Å²) >= 11 is 6.19. The molecule has 0 aliphatic carbocycles. The maximum absolute atomic E-state index is 13.3. The Hall–Kier alpha value is -2.57. The molecule has 0 unspecified atom stereocenters. The minimum atomic E-state index is -1.75. The number of hydrogen-bond donors (Lipinski definition) is 1. The van der Waals surface area contributed by atoms with Gasteiger partial charge in [0.1, 0.15) is 16.9 Å². The first kappa shape index (κ1) is 18.8. The number of fused-ring (bicyclic) bond motifs is 3. The number of nitrogens with one attached hydrogen (secondary N) is 1. The lowest BCUT2D eigenvalue weighted by atomic mass is 10.2. The summed E-state index contributed by atoms with van der Waals surface area (Å²) in [5.41, 5.74) is 2.28. The van der Waals surface area contributed by atoms with Gasteiger partial charge in [-0.1, -0.05) is 43.4 Å². The Morgan fingerprint density at radius 3 is 2.57 bits per heavy atom. The van der Waals surface area contributed by atoms with E-state index in [2.05, 4.69) is 29.6 Å². The van der Waals surface area contributed by atoms with Crippen LogP contribution < -0.4 is 15.5 Å². The van der Waals surface area contributed by atoms with E-state index >= 15 is 0 Å². The molecule has 144 valence electrons. The average Bonchev–Trinajstić information content (AvgIpc) is 3.02. The quantitative estimate of drug-likeness (QED) is 0.513. The van der Waals surface area contributed by atoms with Crippen LogP contribution in [0.2, 0.25) is 24.7 Å². The second kappa shape index (κ2) is 6.79. The van der Waals surface area contributed by atoms with Crippen molar-refractivity contribution in [3.05, 3.63) is 63.7 Å². The van der Waals surface area contributed by atoms with E-state index in [0.29, 0.717) is 22.7 Å². The monoisotopic (exact) mass is 411 g/mol. The molecule has 1 N–H and O–H groups in total. The summed E-state index contributed by atoms with van der Waals surface area (Å²) in [6.07, 6.45) is 3.62. The summed E-state index contributed by atoms with van der Waals surface area (Å²) < 4.78 is 7.01. The molecule has 4 rings (SSSR count). The number of H-pyrrole nitrogens is 1. The summed E-state index contributed by atoms with van der Waals surface area (Å²) in [6.45, 7) is 7.34. The van der Waals surface area contributed by atoms with Crippen molar-refractivity contribution in [2.24, 2.45) is 0 Å². The van der Waals surface area contributed by atoms with E-state index in [4.69, 9.17) is 16.3 Å². The fourth-order valence-electron chi connectivity index (χ4n) is 3.52. The molecule has 0 amide bonds. The minimum absolute atomic E-state index is 0.0538. The predicted molar refractivity (Wildman–Crippen MR) is 118 cm³/mol. The highest BCUT2D eigenvalue weighted by atomic mass is 35.5. The summed E-state index contributed by atoms with van der Waals surface area (Å²) in [4.78, 5) is 20.9. The van der Waals surface area contributed by atoms with Crippen LogP contribution in [0.5, 0.6) is 5.75 Å². The van der Waals surface area contributed by atoms with Crippen molar-refractivity contribution in [2.75, 3.05) is 7.11 Å². The molecule has 28 heavy (non-hydrogen) atoms. The molecule has 0 aliphatic heterocycles. The predicted octanol–water partition coefficient (Wildman–Crippen LogP) is 4.13. The lowest BCUT2D eigenvalue weighted by Crippen LogP contribution is -2.41. The van der Waals surface area contributed by atoms with Gasteiger partial charge in [0.25, 0.3) is 5.56 Å². The molecule has 5 nitrogen and oxygen atoms in total. The molecule has 1 aromatic carbocycles. The lowest BCUT2D eigenvalue weighted by Gasteiger charge is -2.20. The third kappa shape index (κ3) is 3.23. The number of aromatic nitrogens is 3. The van der Waals surface area contributed by atoms with Crippen molar-refractivity contribution < 1.29 is 4.74 Å². The van der Waals surface area contributed by atoms with Crippen LogP contribution in [0.3, 0.4) is 0 Å². The van der Waals surface area contributed by atoms with Gasteiger partial charge in [0.05, 0.1) is 26.8 Å². The minimum Gasteiger partial charge on any atom is -0.497 e. The van der Waals surface area contributed by atoms with Gasteiger partial charge in [0.15, 0.2) is 0 Å². The second-order valence-corrected chi connectivity index (χ2v) is 13.5. The Labute approximate surface area is 168 Å². The smallest absolute Gasteiger partial charge is 0.275 e. The van der Waals surface area contributed by atoms with Gasteiger partial charge in [-0.25, -0.2) is 4.98 Å². The van der Waals surface area contributed by atoms with Crippen molar-refractivity contribution in [3.63, 3.8) is 0 Å². The third-order valence-electron chi connectivity index (χ3n) is 4.97. The van der Waals surface area contributed by atoms with E-state index in [1.165, 1.54) is 5.19 Å². The van der Waals surface area contributed by atoms with Crippen LogP contribution in [0, 0.1) is 0 Å². The summed E-state index contributed by atoms with van der Waals surface area (Å²) in [6, 6.07) is 9.67. The second-order valence-electron chi connectivity index (χ2n) is 8.00. The molecule has 0 radical (unpaired) electrons. The molecule has 0 saturated carbocycles. The molecule has 3 aromatic heterocycles. The average molecular weight is 412 g/mol. The number of aromatic amines is 1. The maximum atomic E-state index is 13.3. The highest BCUT2D eigenvalue weighted by Gasteiger charge is 2.25. The largest absolute Gasteiger partial charge is 0.497 e. The van der Waals surface area contributed by atoms with Crippen molar-refractivity contribution in [1.29, 1.82) is 0 Å². The number of benzene rings is 1. The van der Waals surface area contributed by atoms with Crippen LogP contribution in [0.1, 0.15) is 5.56 Å². The fourth-order valence-corrected chi connectivity index (χ4v) is 5.23. The molecule has 0 saturated heterocycles. The van der Waals surface area contributed by atoms with Gasteiger partial charge in [0.2, 0.25) is 0 Å². The van der Waals surface area contributed by atoms with Crippen LogP contribution in [0.25, 0.3) is 21.9 Å². The Morgan fingerprint density at radius 2 is 1.93 bits per heavy atom. The molecule has 7 heteroatoms. The van der Waals surface area contributed by atoms with Crippen LogP contribution in [0.15, 0.2) is 47.5 Å². The standard InChI is InChI=1S/C21H22ClN3O2Si/c1-27-15-7-5-13(6-8-15)11-25-12-17(28(2,3)4)18-16-9-14(22)10-23-20(16)24-19(18)21(25)26/h5-10,12H,11H2,1-4H3,(H,23,24). The van der Waals surface area contributed by atoms with Gasteiger partial charge in [-0.05, 0) is 28.9 Å². The maximum Gasteiger partial charge on any atom is 0.275 e. The summed E-state index contributed by atoms with van der Waals surface area (Å²) in [5.74, 6) is 0.799. The van der Waals surface area contributed by atoms with E-state index in [1.54, 1.807) is 17.9 Å². The molecule has 0 bridgehead atoms. The van der Waals surface area contributed by atoms with Crippen LogP contribution >= 0.6 is 11.6 Å². The fraction of sp³-hybridized carbons (Fsp3) is 0.238. The molecular formula is C21H22ClN3O2Si. The number of pyridine rings is 2. The Kier molecular flexibility index (Phi) is 4.55. The molecule has 0 aliphatic rings. The summed E-state index contributed by atoms with van der Waals surface area (Å²) in [5, 5.41) is 3.65. The zero-order chi connectivity index (χ0) is 20.1. The Balaban J connectivity index is 1.96. The zero-order valence-corrected chi connectivity index (χ0v) is 18.1. The number of hydrogen-bond acceptors (Lipinski definition) is 3. The van der Waals surface area contributed by atoms with Gasteiger partial charge < -0.3 is 14.3 Å². The molecule has 4 aromatic rings. The van der Waals surface area contributed by atoms with E-state index in [9.17, 15) is 4.79 Å². The Morgan fingerprint density at radius 1 is 1.21 bits per heavy atom. The van der Waals surface area contributed by atoms with E-state index < -0.39 is 8.07 Å². The van der Waals surface area contributed by atoms with E-state index in [0.717, 1.165) is 22.1 Å². The van der Waals surface area contributed by atoms with Crippen LogP contribution in [0.4, 0.5) is 0 Å². The SMILES string of the molecule is COc1ccc(Cn2cc([Si](C)(C)C)c3c([nH]c4ncc(Cl)cc43)c2=O)cc1. The first-order valence-electron chi connectivity index (χ1n) is 9.11. The summed E-state index contributed by atoms with van der Waals surface area (Å²) in [7, 11) is -0.110. The topological polar surface area (TPSA) is 59.9 Å². The molecule has 3 heterocycles. The van der Waals surface area contributed by atoms with Gasteiger partial charge >= 0.3 is 0 Å². The van der Waals surface area contributed by atoms with Gasteiger partial charge in [-0.15, -0.1) is 0 Å². The zero-order valence-electron chi connectivity index (χ0n) is 16.3. The van der Waals surface area contributed by atoms with Gasteiger partial charge in [0, 0.05) is 23.2 Å². The molecule has 0 atom stereocenters. The highest BCUT2D eigenvalue weighted by molar-refractivity contribution is 6.90. The number of nitrogens with zero attached hydrogens (tertiary/aromatic N) is 2. The number of halogens is 1. The van der Waals surface area contributed by atoms with Gasteiger partial charge in [-0.3, -0.25) is 4.79 Å². The number of ether oxygens (including phenoxy) is 1. The highest BCUT2D eigenvalue weighted by Crippen LogP contribution is 2.25. The van der Waals surface area contributed by atoms with Crippen LogP contribution in [-0.4, -0.2) is 29.7 Å². The Bertz CT molecular complexity index is 1240. The van der Waals surface area contributed by atoms with Crippen molar-refractivity contribution in [2.45, 2.75) is 26.2 Å². The van der Waals surface area contributed by atoms with E-state index in [1.807, 2.05) is 36.5 Å². The molecular weight excluding hydrogens is 390 g/mol. The lowest BCUT2D eigenvalue weighted by molar-refractivity contribution is 0.414.